The molecular weight excluding hydrogens is 370 g/mol. The number of anilines is 2. The van der Waals surface area contributed by atoms with Gasteiger partial charge in [0.25, 0.3) is 0 Å². The molecule has 0 saturated heterocycles. The summed E-state index contributed by atoms with van der Waals surface area (Å²) in [7, 11) is 0. The first-order chi connectivity index (χ1) is 13.4. The van der Waals surface area contributed by atoms with Gasteiger partial charge in [0.05, 0.1) is 12.2 Å². The second kappa shape index (κ2) is 7.10. The molecule has 1 amide bonds. The number of hydrogen-bond acceptors (Lipinski definition) is 5. The molecule has 2 aliphatic rings. The summed E-state index contributed by atoms with van der Waals surface area (Å²) in [5, 5.41) is 2.72. The maximum Gasteiger partial charge on any atom is 0.243 e. The number of nitrogens with one attached hydrogen (secondary N) is 1. The Morgan fingerprint density at radius 3 is 2.57 bits per heavy atom. The molecule has 6 nitrogen and oxygen atoms in total. The third-order valence-corrected chi connectivity index (χ3v) is 4.84. The van der Waals surface area contributed by atoms with Crippen LogP contribution in [0.2, 0.25) is 0 Å². The van der Waals surface area contributed by atoms with Crippen molar-refractivity contribution in [1.82, 2.24) is 0 Å². The normalized spacial score (nSPS) is 14.6. The Labute approximate surface area is 160 Å². The van der Waals surface area contributed by atoms with Crippen LogP contribution < -0.4 is 19.7 Å². The lowest BCUT2D eigenvalue weighted by Crippen LogP contribution is -2.37. The number of rotatable bonds is 4. The number of carbonyl (C=O) groups excluding carboxylic acids is 2. The Balaban J connectivity index is 1.55. The van der Waals surface area contributed by atoms with Crippen molar-refractivity contribution in [3.05, 3.63) is 47.0 Å². The van der Waals surface area contributed by atoms with E-state index < -0.39 is 11.6 Å². The molecule has 0 aromatic heterocycles. The van der Waals surface area contributed by atoms with E-state index in [1.807, 2.05) is 0 Å². The predicted octanol–water partition coefficient (Wildman–Crippen LogP) is 3.29. The molecule has 0 saturated carbocycles. The minimum Gasteiger partial charge on any atom is -0.454 e. The molecule has 2 aliphatic heterocycles. The Hall–Kier alpha value is -3.16. The minimum atomic E-state index is -0.944. The molecule has 2 aromatic carbocycles. The summed E-state index contributed by atoms with van der Waals surface area (Å²) in [6, 6.07) is 5.39. The van der Waals surface area contributed by atoms with E-state index in [1.54, 1.807) is 11.0 Å². The highest BCUT2D eigenvalue weighted by Crippen LogP contribution is 2.37. The summed E-state index contributed by atoms with van der Waals surface area (Å²) in [5.41, 5.74) is 1.82. The van der Waals surface area contributed by atoms with Gasteiger partial charge in [0.2, 0.25) is 12.7 Å². The molecule has 0 unspecified atom stereocenters. The van der Waals surface area contributed by atoms with E-state index >= 15 is 0 Å². The molecule has 28 heavy (non-hydrogen) atoms. The van der Waals surface area contributed by atoms with Gasteiger partial charge in [-0.15, -0.1) is 0 Å². The van der Waals surface area contributed by atoms with Crippen molar-refractivity contribution >= 4 is 23.1 Å². The third-order valence-electron chi connectivity index (χ3n) is 4.84. The van der Waals surface area contributed by atoms with Gasteiger partial charge in [0, 0.05) is 29.9 Å². The van der Waals surface area contributed by atoms with E-state index in [9.17, 15) is 18.4 Å². The summed E-state index contributed by atoms with van der Waals surface area (Å²) >= 11 is 0. The molecule has 1 N–H and O–H groups in total. The Morgan fingerprint density at radius 2 is 1.82 bits per heavy atom. The van der Waals surface area contributed by atoms with E-state index in [4.69, 9.17) is 9.47 Å². The maximum atomic E-state index is 13.7. The number of halogens is 2. The topological polar surface area (TPSA) is 67.9 Å². The largest absolute Gasteiger partial charge is 0.454 e. The lowest BCUT2D eigenvalue weighted by atomic mass is 10.0. The van der Waals surface area contributed by atoms with Gasteiger partial charge in [-0.1, -0.05) is 0 Å². The van der Waals surface area contributed by atoms with E-state index in [0.717, 1.165) is 12.5 Å². The molecule has 8 heteroatoms. The molecule has 146 valence electrons. The number of ether oxygens (including phenoxy) is 2. The van der Waals surface area contributed by atoms with Gasteiger partial charge in [0.1, 0.15) is 0 Å². The lowest BCUT2D eigenvalue weighted by Gasteiger charge is -2.31. The van der Waals surface area contributed by atoms with E-state index in [0.29, 0.717) is 47.0 Å². The quantitative estimate of drug-likeness (QED) is 0.815. The molecular formula is C20H18F2N2O4. The summed E-state index contributed by atoms with van der Waals surface area (Å²) in [6.45, 7) is 1.94. The second-order valence-corrected chi connectivity index (χ2v) is 6.78. The number of carbonyl (C=O) groups is 2. The number of amides is 1. The van der Waals surface area contributed by atoms with Crippen LogP contribution in [0.5, 0.6) is 11.5 Å². The number of ketones is 1. The number of nitrogens with zero attached hydrogens (tertiary/aromatic N) is 1. The molecule has 0 fully saturated rings. The fourth-order valence-corrected chi connectivity index (χ4v) is 3.52. The summed E-state index contributed by atoms with van der Waals surface area (Å²) in [4.78, 5) is 26.3. The highest BCUT2D eigenvalue weighted by Gasteiger charge is 2.24. The van der Waals surface area contributed by atoms with Crippen LogP contribution in [0.4, 0.5) is 20.2 Å². The Bertz CT molecular complexity index is 977. The molecule has 4 rings (SSSR count). The van der Waals surface area contributed by atoms with Crippen molar-refractivity contribution in [1.29, 1.82) is 0 Å². The van der Waals surface area contributed by atoms with Gasteiger partial charge < -0.3 is 19.7 Å². The Kier molecular flexibility index (Phi) is 4.62. The lowest BCUT2D eigenvalue weighted by molar-refractivity contribution is -0.115. The smallest absolute Gasteiger partial charge is 0.243 e. The van der Waals surface area contributed by atoms with Crippen molar-refractivity contribution in [2.24, 2.45) is 0 Å². The standard InChI is InChI=1S/C20H18F2N2O4/c1-11(25)13-6-18-19(28-10-27-18)8-16(13)23-20(26)9-24-4-2-3-12-5-14(21)15(22)7-17(12)24/h5-8H,2-4,9-10H2,1H3,(H,23,26). The zero-order valence-electron chi connectivity index (χ0n) is 15.2. The van der Waals surface area contributed by atoms with Crippen LogP contribution in [0, 0.1) is 11.6 Å². The molecule has 0 bridgehead atoms. The minimum absolute atomic E-state index is 0.0517. The zero-order valence-corrected chi connectivity index (χ0v) is 15.2. The van der Waals surface area contributed by atoms with Gasteiger partial charge in [-0.3, -0.25) is 9.59 Å². The van der Waals surface area contributed by atoms with Gasteiger partial charge in [-0.05, 0) is 37.5 Å². The predicted molar refractivity (Wildman–Crippen MR) is 98.1 cm³/mol. The molecule has 0 spiro atoms. The number of aryl methyl sites for hydroxylation is 1. The van der Waals surface area contributed by atoms with Crippen LogP contribution in [0.25, 0.3) is 0 Å². The summed E-state index contributed by atoms with van der Waals surface area (Å²) in [5.74, 6) is -1.54. The first-order valence-corrected chi connectivity index (χ1v) is 8.89. The van der Waals surface area contributed by atoms with Crippen LogP contribution >= 0.6 is 0 Å². The van der Waals surface area contributed by atoms with Crippen LogP contribution in [0.15, 0.2) is 24.3 Å². The third kappa shape index (κ3) is 3.37. The highest BCUT2D eigenvalue weighted by molar-refractivity contribution is 6.05. The molecule has 2 aromatic rings. The van der Waals surface area contributed by atoms with Crippen molar-refractivity contribution in [2.75, 3.05) is 30.1 Å². The van der Waals surface area contributed by atoms with Crippen LogP contribution in [-0.4, -0.2) is 31.6 Å². The van der Waals surface area contributed by atoms with E-state index in [-0.39, 0.29) is 25.0 Å². The SMILES string of the molecule is CC(=O)c1cc2c(cc1NC(=O)CN1CCCc3cc(F)c(F)cc31)OCO2. The van der Waals surface area contributed by atoms with Gasteiger partial charge in [-0.25, -0.2) is 8.78 Å². The monoisotopic (exact) mass is 388 g/mol. The van der Waals surface area contributed by atoms with Gasteiger partial charge in [-0.2, -0.15) is 0 Å². The fraction of sp³-hybridized carbons (Fsp3) is 0.300. The van der Waals surface area contributed by atoms with E-state index in [2.05, 4.69) is 5.32 Å². The number of Topliss-reactive ketones (excluding diaryl/α,β-unsaturated/α-hetero) is 1. The van der Waals surface area contributed by atoms with Gasteiger partial charge in [0.15, 0.2) is 28.9 Å². The number of fused-ring (bicyclic) bond motifs is 2. The molecule has 2 heterocycles. The molecule has 0 radical (unpaired) electrons. The van der Waals surface area contributed by atoms with Crippen molar-refractivity contribution in [3.63, 3.8) is 0 Å². The Morgan fingerprint density at radius 1 is 1.11 bits per heavy atom. The van der Waals surface area contributed by atoms with Crippen LogP contribution in [0.1, 0.15) is 29.3 Å². The number of benzene rings is 2. The molecule has 0 atom stereocenters. The first-order valence-electron chi connectivity index (χ1n) is 8.89. The van der Waals surface area contributed by atoms with E-state index in [1.165, 1.54) is 19.1 Å². The van der Waals surface area contributed by atoms with Crippen molar-refractivity contribution in [3.8, 4) is 11.5 Å². The maximum absolute atomic E-state index is 13.7. The molecule has 0 aliphatic carbocycles. The first kappa shape index (κ1) is 18.2. The average Bonchev–Trinajstić information content (AvgIpc) is 3.10. The second-order valence-electron chi connectivity index (χ2n) is 6.78. The van der Waals surface area contributed by atoms with Crippen LogP contribution in [-0.2, 0) is 11.2 Å². The summed E-state index contributed by atoms with van der Waals surface area (Å²) in [6.07, 6.45) is 1.36. The number of hydrogen-bond donors (Lipinski definition) is 1. The van der Waals surface area contributed by atoms with Crippen molar-refractivity contribution in [2.45, 2.75) is 19.8 Å². The average molecular weight is 388 g/mol. The van der Waals surface area contributed by atoms with Crippen molar-refractivity contribution < 1.29 is 27.8 Å². The summed E-state index contributed by atoms with van der Waals surface area (Å²) < 4.78 is 37.7. The fourth-order valence-electron chi connectivity index (χ4n) is 3.52. The zero-order chi connectivity index (χ0) is 19.8. The highest BCUT2D eigenvalue weighted by atomic mass is 19.2. The van der Waals surface area contributed by atoms with Gasteiger partial charge >= 0.3 is 0 Å². The van der Waals surface area contributed by atoms with Crippen LogP contribution in [0.3, 0.4) is 0 Å².